The summed E-state index contributed by atoms with van der Waals surface area (Å²) in [5, 5.41) is 29.7. The van der Waals surface area contributed by atoms with Crippen LogP contribution in [0.15, 0.2) is 12.3 Å². The molecule has 1 rings (SSSR count). The topological polar surface area (TPSA) is 123 Å². The highest BCUT2D eigenvalue weighted by atomic mass is 35.5. The maximum Gasteiger partial charge on any atom is 0.308 e. The van der Waals surface area contributed by atoms with E-state index in [1.807, 2.05) is 0 Å². The number of halogens is 1. The predicted molar refractivity (Wildman–Crippen MR) is 63.5 cm³/mol. The number of aliphatic hydroxyl groups excluding tert-OH is 2. The molecule has 2 unspecified atom stereocenters. The van der Waals surface area contributed by atoms with E-state index in [0.717, 1.165) is 19.4 Å². The van der Waals surface area contributed by atoms with E-state index < -0.39 is 35.2 Å². The van der Waals surface area contributed by atoms with Crippen LogP contribution in [0.4, 0.5) is 5.69 Å². The van der Waals surface area contributed by atoms with E-state index in [4.69, 9.17) is 11.6 Å². The van der Waals surface area contributed by atoms with Gasteiger partial charge in [-0.15, -0.1) is 0 Å². The molecule has 0 fully saturated rings. The lowest BCUT2D eigenvalue weighted by Gasteiger charge is -2.16. The maximum absolute atomic E-state index is 10.9. The largest absolute Gasteiger partial charge is 0.469 e. The summed E-state index contributed by atoms with van der Waals surface area (Å²) in [4.78, 5) is 24.4. The van der Waals surface area contributed by atoms with Gasteiger partial charge in [0.1, 0.15) is 6.10 Å². The van der Waals surface area contributed by atoms with E-state index >= 15 is 0 Å². The Morgan fingerprint density at radius 1 is 1.63 bits per heavy atom. The molecule has 9 heteroatoms. The number of hydrogen-bond acceptors (Lipinski definition) is 7. The third kappa shape index (κ3) is 3.85. The number of hydrogen-bond donors (Lipinski definition) is 2. The Balaban J connectivity index is 2.93. The van der Waals surface area contributed by atoms with Crippen molar-refractivity contribution in [1.29, 1.82) is 0 Å². The van der Waals surface area contributed by atoms with Gasteiger partial charge in [-0.1, -0.05) is 11.6 Å². The minimum atomic E-state index is -1.51. The summed E-state index contributed by atoms with van der Waals surface area (Å²) in [5.41, 5.74) is -0.518. The average molecular weight is 291 g/mol. The number of aromatic nitrogens is 1. The summed E-state index contributed by atoms with van der Waals surface area (Å²) in [5.74, 6) is -0.719. The summed E-state index contributed by atoms with van der Waals surface area (Å²) in [6.45, 7) is 0. The third-order valence-corrected chi connectivity index (χ3v) is 2.64. The van der Waals surface area contributed by atoms with Crippen LogP contribution in [0.25, 0.3) is 0 Å². The van der Waals surface area contributed by atoms with Crippen molar-refractivity contribution >= 4 is 23.3 Å². The molecule has 0 bridgehead atoms. The fourth-order valence-electron chi connectivity index (χ4n) is 1.33. The Bertz CT molecular complexity index is 495. The van der Waals surface area contributed by atoms with E-state index in [1.165, 1.54) is 0 Å². The molecule has 2 N–H and O–H groups in total. The molecule has 0 aliphatic carbocycles. The van der Waals surface area contributed by atoms with Gasteiger partial charge in [0, 0.05) is 17.8 Å². The van der Waals surface area contributed by atoms with Crippen molar-refractivity contribution in [1.82, 2.24) is 4.98 Å². The Morgan fingerprint density at radius 2 is 2.26 bits per heavy atom. The zero-order valence-electron chi connectivity index (χ0n) is 9.82. The molecule has 1 heterocycles. The van der Waals surface area contributed by atoms with Gasteiger partial charge < -0.3 is 14.9 Å². The molecule has 1 aromatic rings. The number of esters is 1. The second-order valence-electron chi connectivity index (χ2n) is 3.63. The van der Waals surface area contributed by atoms with Crippen LogP contribution in [-0.4, -0.2) is 39.3 Å². The van der Waals surface area contributed by atoms with Gasteiger partial charge in [-0.2, -0.15) is 0 Å². The molecule has 2 atom stereocenters. The first kappa shape index (κ1) is 15.3. The standard InChI is InChI=1S/C10H11ClN2O6/c1-19-8(15)3-7(14)9(16)5-2-6(13(17)18)10(11)12-4-5/h2,4,7,9,14,16H,3H2,1H3. The Kier molecular flexibility index (Phi) is 5.16. The third-order valence-electron chi connectivity index (χ3n) is 2.35. The van der Waals surface area contributed by atoms with E-state index in [9.17, 15) is 25.1 Å². The maximum atomic E-state index is 10.9. The highest BCUT2D eigenvalue weighted by molar-refractivity contribution is 6.31. The van der Waals surface area contributed by atoms with Crippen molar-refractivity contribution in [3.63, 3.8) is 0 Å². The van der Waals surface area contributed by atoms with Crippen LogP contribution in [0.1, 0.15) is 18.1 Å². The van der Waals surface area contributed by atoms with Gasteiger partial charge in [-0.25, -0.2) is 4.98 Å². The second kappa shape index (κ2) is 6.41. The molecule has 0 spiro atoms. The first-order chi connectivity index (χ1) is 8.86. The van der Waals surface area contributed by atoms with Crippen LogP contribution in [0.2, 0.25) is 5.15 Å². The van der Waals surface area contributed by atoms with Gasteiger partial charge in [-0.05, 0) is 0 Å². The van der Waals surface area contributed by atoms with Crippen LogP contribution >= 0.6 is 11.6 Å². The number of rotatable bonds is 5. The number of pyridine rings is 1. The monoisotopic (exact) mass is 290 g/mol. The number of ether oxygens (including phenoxy) is 1. The van der Waals surface area contributed by atoms with Crippen molar-refractivity contribution in [2.45, 2.75) is 18.6 Å². The SMILES string of the molecule is COC(=O)CC(O)C(O)c1cnc(Cl)c([N+](=O)[O-])c1. The van der Waals surface area contributed by atoms with Crippen molar-refractivity contribution in [3.8, 4) is 0 Å². The molecule has 0 amide bonds. The number of aliphatic hydroxyl groups is 2. The van der Waals surface area contributed by atoms with Crippen molar-refractivity contribution in [3.05, 3.63) is 33.1 Å². The summed E-state index contributed by atoms with van der Waals surface area (Å²) in [7, 11) is 1.14. The van der Waals surface area contributed by atoms with Gasteiger partial charge in [-0.3, -0.25) is 14.9 Å². The lowest BCUT2D eigenvalue weighted by molar-refractivity contribution is -0.385. The number of methoxy groups -OCH3 is 1. The Hall–Kier alpha value is -1.77. The second-order valence-corrected chi connectivity index (χ2v) is 3.99. The molecule has 104 valence electrons. The summed E-state index contributed by atoms with van der Waals surface area (Å²) in [6.07, 6.45) is -2.34. The average Bonchev–Trinajstić information content (AvgIpc) is 2.37. The molecule has 0 saturated heterocycles. The minimum Gasteiger partial charge on any atom is -0.469 e. The molecule has 0 saturated carbocycles. The quantitative estimate of drug-likeness (QED) is 0.352. The van der Waals surface area contributed by atoms with Gasteiger partial charge in [0.15, 0.2) is 0 Å². The molecule has 1 aromatic heterocycles. The summed E-state index contributed by atoms with van der Waals surface area (Å²) >= 11 is 5.51. The molecular weight excluding hydrogens is 280 g/mol. The van der Waals surface area contributed by atoms with Crippen LogP contribution in [0.3, 0.4) is 0 Å². The zero-order valence-corrected chi connectivity index (χ0v) is 10.6. The fourth-order valence-corrected chi connectivity index (χ4v) is 1.50. The normalized spacial score (nSPS) is 13.7. The molecule has 0 aliphatic heterocycles. The van der Waals surface area contributed by atoms with Crippen LogP contribution < -0.4 is 0 Å². The van der Waals surface area contributed by atoms with E-state index in [0.29, 0.717) is 0 Å². The van der Waals surface area contributed by atoms with Crippen molar-refractivity contribution < 1.29 is 24.7 Å². The lowest BCUT2D eigenvalue weighted by atomic mass is 10.0. The highest BCUT2D eigenvalue weighted by Gasteiger charge is 2.25. The molecule has 0 aliphatic rings. The van der Waals surface area contributed by atoms with E-state index in [1.54, 1.807) is 0 Å². The highest BCUT2D eigenvalue weighted by Crippen LogP contribution is 2.27. The van der Waals surface area contributed by atoms with Gasteiger partial charge in [0.25, 0.3) is 0 Å². The number of carbonyl (C=O) groups is 1. The number of carbonyl (C=O) groups excluding carboxylic acids is 1. The number of nitro groups is 1. The molecule has 0 radical (unpaired) electrons. The van der Waals surface area contributed by atoms with Crippen molar-refractivity contribution in [2.24, 2.45) is 0 Å². The van der Waals surface area contributed by atoms with E-state index in [2.05, 4.69) is 9.72 Å². The molecule has 8 nitrogen and oxygen atoms in total. The predicted octanol–water partition coefficient (Wildman–Crippen LogP) is 0.601. The van der Waals surface area contributed by atoms with Crippen molar-refractivity contribution in [2.75, 3.05) is 7.11 Å². The van der Waals surface area contributed by atoms with Gasteiger partial charge in [0.05, 0.1) is 24.6 Å². The Labute approximate surface area is 112 Å². The smallest absolute Gasteiger partial charge is 0.308 e. The number of nitrogens with zero attached hydrogens (tertiary/aromatic N) is 2. The van der Waals surface area contributed by atoms with Crippen LogP contribution in [-0.2, 0) is 9.53 Å². The molecule has 0 aromatic carbocycles. The van der Waals surface area contributed by atoms with Crippen LogP contribution in [0.5, 0.6) is 0 Å². The summed E-state index contributed by atoms with van der Waals surface area (Å²) in [6, 6.07) is 0.987. The first-order valence-electron chi connectivity index (χ1n) is 5.09. The summed E-state index contributed by atoms with van der Waals surface area (Å²) < 4.78 is 4.33. The first-order valence-corrected chi connectivity index (χ1v) is 5.47. The van der Waals surface area contributed by atoms with Crippen LogP contribution in [0, 0.1) is 10.1 Å². The van der Waals surface area contributed by atoms with Gasteiger partial charge >= 0.3 is 11.7 Å². The van der Waals surface area contributed by atoms with E-state index in [-0.39, 0.29) is 10.7 Å². The van der Waals surface area contributed by atoms with Gasteiger partial charge in [0.2, 0.25) is 5.15 Å². The molecular formula is C10H11ClN2O6. The molecule has 19 heavy (non-hydrogen) atoms. The zero-order chi connectivity index (χ0) is 14.6. The fraction of sp³-hybridized carbons (Fsp3) is 0.400. The minimum absolute atomic E-state index is 0.0208. The lowest BCUT2D eigenvalue weighted by Crippen LogP contribution is -2.22. The Morgan fingerprint density at radius 3 is 2.79 bits per heavy atom.